The van der Waals surface area contributed by atoms with Crippen LogP contribution in [0.15, 0.2) is 18.2 Å². The zero-order valence-electron chi connectivity index (χ0n) is 9.91. The number of ether oxygens (including phenoxy) is 2. The van der Waals surface area contributed by atoms with Gasteiger partial charge in [-0.15, -0.1) is 0 Å². The van der Waals surface area contributed by atoms with Crippen LogP contribution in [0.1, 0.15) is 5.56 Å². The van der Waals surface area contributed by atoms with E-state index in [1.165, 1.54) is 26.4 Å². The molecule has 1 aromatic rings. The second-order valence-corrected chi connectivity index (χ2v) is 3.95. The zero-order chi connectivity index (χ0) is 13.7. The molecule has 0 fully saturated rings. The van der Waals surface area contributed by atoms with Crippen LogP contribution in [-0.4, -0.2) is 26.2 Å². The van der Waals surface area contributed by atoms with Gasteiger partial charge in [0.15, 0.2) is 5.92 Å². The average Bonchev–Trinajstić information content (AvgIpc) is 2.36. The van der Waals surface area contributed by atoms with Crippen molar-refractivity contribution in [3.8, 4) is 0 Å². The highest BCUT2D eigenvalue weighted by atomic mass is 35.5. The number of halogens is 2. The van der Waals surface area contributed by atoms with E-state index in [0.717, 1.165) is 6.07 Å². The number of hydrogen-bond acceptors (Lipinski definition) is 4. The van der Waals surface area contributed by atoms with Crippen molar-refractivity contribution < 1.29 is 23.5 Å². The van der Waals surface area contributed by atoms with Crippen LogP contribution in [0.2, 0.25) is 5.02 Å². The molecule has 0 bridgehead atoms. The van der Waals surface area contributed by atoms with E-state index in [-0.39, 0.29) is 11.4 Å². The summed E-state index contributed by atoms with van der Waals surface area (Å²) in [5.74, 6) is -3.04. The molecule has 1 aromatic carbocycles. The van der Waals surface area contributed by atoms with Crippen LogP contribution >= 0.6 is 11.6 Å². The Bertz CT molecular complexity index is 445. The summed E-state index contributed by atoms with van der Waals surface area (Å²) >= 11 is 5.83. The second-order valence-electron chi connectivity index (χ2n) is 3.54. The lowest BCUT2D eigenvalue weighted by Crippen LogP contribution is -2.28. The number of benzene rings is 1. The minimum Gasteiger partial charge on any atom is -0.468 e. The maximum absolute atomic E-state index is 12.9. The van der Waals surface area contributed by atoms with Gasteiger partial charge in [-0.05, 0) is 24.1 Å². The molecule has 18 heavy (non-hydrogen) atoms. The van der Waals surface area contributed by atoms with E-state index in [0.29, 0.717) is 5.56 Å². The molecule has 0 saturated carbocycles. The highest BCUT2D eigenvalue weighted by Gasteiger charge is 2.29. The summed E-state index contributed by atoms with van der Waals surface area (Å²) in [4.78, 5) is 22.9. The first-order valence-corrected chi connectivity index (χ1v) is 5.47. The number of carbonyl (C=O) groups is 2. The van der Waals surface area contributed by atoms with E-state index >= 15 is 0 Å². The van der Waals surface area contributed by atoms with Gasteiger partial charge in [-0.3, -0.25) is 9.59 Å². The van der Waals surface area contributed by atoms with E-state index in [9.17, 15) is 14.0 Å². The average molecular weight is 275 g/mol. The Morgan fingerprint density at radius 3 is 2.28 bits per heavy atom. The summed E-state index contributed by atoms with van der Waals surface area (Å²) < 4.78 is 21.9. The standard InChI is InChI=1S/C12H12ClFO4/c1-17-11(15)9(12(16)18-2)5-7-3-4-8(14)6-10(7)13/h3-4,6,9H,5H2,1-2H3. The molecule has 0 amide bonds. The molecule has 0 heterocycles. The molecular weight excluding hydrogens is 263 g/mol. The predicted octanol–water partition coefficient (Wildman–Crippen LogP) is 1.98. The van der Waals surface area contributed by atoms with Crippen LogP contribution in [0.25, 0.3) is 0 Å². The van der Waals surface area contributed by atoms with Gasteiger partial charge in [0.1, 0.15) is 5.82 Å². The smallest absolute Gasteiger partial charge is 0.320 e. The first kappa shape index (κ1) is 14.4. The van der Waals surface area contributed by atoms with E-state index in [1.54, 1.807) is 0 Å². The van der Waals surface area contributed by atoms with Crippen molar-refractivity contribution in [1.82, 2.24) is 0 Å². The van der Waals surface area contributed by atoms with E-state index in [1.807, 2.05) is 0 Å². The van der Waals surface area contributed by atoms with Crippen molar-refractivity contribution in [2.45, 2.75) is 6.42 Å². The summed E-state index contributed by atoms with van der Waals surface area (Å²) in [5.41, 5.74) is 0.471. The molecule has 0 aliphatic rings. The Labute approximate surface area is 109 Å². The molecule has 98 valence electrons. The first-order valence-electron chi connectivity index (χ1n) is 5.09. The molecule has 0 aromatic heterocycles. The van der Waals surface area contributed by atoms with Gasteiger partial charge in [0.25, 0.3) is 0 Å². The maximum Gasteiger partial charge on any atom is 0.320 e. The molecule has 0 aliphatic heterocycles. The highest BCUT2D eigenvalue weighted by Crippen LogP contribution is 2.21. The monoisotopic (exact) mass is 274 g/mol. The largest absolute Gasteiger partial charge is 0.468 e. The molecule has 0 spiro atoms. The fraction of sp³-hybridized carbons (Fsp3) is 0.333. The van der Waals surface area contributed by atoms with Gasteiger partial charge < -0.3 is 9.47 Å². The summed E-state index contributed by atoms with van der Waals surface area (Å²) in [5, 5.41) is 0.146. The Hall–Kier alpha value is -1.62. The topological polar surface area (TPSA) is 52.6 Å². The molecule has 0 radical (unpaired) electrons. The summed E-state index contributed by atoms with van der Waals surface area (Å²) in [6.07, 6.45) is -0.00153. The number of methoxy groups -OCH3 is 2. The fourth-order valence-electron chi connectivity index (χ4n) is 1.45. The van der Waals surface area contributed by atoms with Gasteiger partial charge in [0, 0.05) is 5.02 Å². The third-order valence-electron chi connectivity index (χ3n) is 2.41. The molecule has 0 N–H and O–H groups in total. The minimum absolute atomic E-state index is 0.00153. The Morgan fingerprint density at radius 2 is 1.83 bits per heavy atom. The van der Waals surface area contributed by atoms with Crippen molar-refractivity contribution in [3.63, 3.8) is 0 Å². The molecular formula is C12H12ClFO4. The fourth-order valence-corrected chi connectivity index (χ4v) is 1.70. The first-order chi connectivity index (χ1) is 8.49. The van der Waals surface area contributed by atoms with Crippen LogP contribution in [0.5, 0.6) is 0 Å². The van der Waals surface area contributed by atoms with Crippen molar-refractivity contribution in [1.29, 1.82) is 0 Å². The van der Waals surface area contributed by atoms with Gasteiger partial charge in [0.05, 0.1) is 14.2 Å². The lowest BCUT2D eigenvalue weighted by molar-refractivity contribution is -0.158. The van der Waals surface area contributed by atoms with Crippen LogP contribution in [-0.2, 0) is 25.5 Å². The maximum atomic E-state index is 12.9. The highest BCUT2D eigenvalue weighted by molar-refractivity contribution is 6.31. The van der Waals surface area contributed by atoms with Crippen LogP contribution in [0.4, 0.5) is 4.39 Å². The molecule has 6 heteroatoms. The van der Waals surface area contributed by atoms with Gasteiger partial charge in [-0.1, -0.05) is 17.7 Å². The van der Waals surface area contributed by atoms with Crippen molar-refractivity contribution in [2.75, 3.05) is 14.2 Å². The molecule has 1 rings (SSSR count). The minimum atomic E-state index is -1.11. The van der Waals surface area contributed by atoms with Gasteiger partial charge in [-0.25, -0.2) is 4.39 Å². The number of rotatable bonds is 4. The van der Waals surface area contributed by atoms with Crippen LogP contribution < -0.4 is 0 Å². The molecule has 0 aliphatic carbocycles. The summed E-state index contributed by atoms with van der Waals surface area (Å²) in [6.45, 7) is 0. The summed E-state index contributed by atoms with van der Waals surface area (Å²) in [7, 11) is 2.34. The van der Waals surface area contributed by atoms with Crippen molar-refractivity contribution >= 4 is 23.5 Å². The molecule has 0 saturated heterocycles. The lowest BCUT2D eigenvalue weighted by Gasteiger charge is -2.13. The van der Waals surface area contributed by atoms with E-state index in [4.69, 9.17) is 11.6 Å². The SMILES string of the molecule is COC(=O)C(Cc1ccc(F)cc1Cl)C(=O)OC. The Balaban J connectivity index is 2.96. The number of hydrogen-bond donors (Lipinski definition) is 0. The third kappa shape index (κ3) is 3.43. The van der Waals surface area contributed by atoms with Gasteiger partial charge >= 0.3 is 11.9 Å². The second kappa shape index (κ2) is 6.35. The van der Waals surface area contributed by atoms with Gasteiger partial charge in [-0.2, -0.15) is 0 Å². The Kier molecular flexibility index (Phi) is 5.09. The van der Waals surface area contributed by atoms with E-state index < -0.39 is 23.7 Å². The molecule has 0 atom stereocenters. The quantitative estimate of drug-likeness (QED) is 0.622. The van der Waals surface area contributed by atoms with Crippen molar-refractivity contribution in [2.24, 2.45) is 5.92 Å². The number of carbonyl (C=O) groups excluding carboxylic acids is 2. The predicted molar refractivity (Wildman–Crippen MR) is 62.6 cm³/mol. The Morgan fingerprint density at radius 1 is 1.28 bits per heavy atom. The number of esters is 2. The van der Waals surface area contributed by atoms with Crippen molar-refractivity contribution in [3.05, 3.63) is 34.6 Å². The third-order valence-corrected chi connectivity index (χ3v) is 2.76. The normalized spacial score (nSPS) is 10.3. The zero-order valence-corrected chi connectivity index (χ0v) is 10.7. The van der Waals surface area contributed by atoms with Gasteiger partial charge in [0.2, 0.25) is 0 Å². The molecule has 0 unspecified atom stereocenters. The van der Waals surface area contributed by atoms with Crippen LogP contribution in [0, 0.1) is 11.7 Å². The summed E-state index contributed by atoms with van der Waals surface area (Å²) in [6, 6.07) is 3.73. The lowest BCUT2D eigenvalue weighted by atomic mass is 9.99. The van der Waals surface area contributed by atoms with E-state index in [2.05, 4.69) is 9.47 Å². The molecule has 4 nitrogen and oxygen atoms in total. The van der Waals surface area contributed by atoms with Crippen LogP contribution in [0.3, 0.4) is 0 Å².